The van der Waals surface area contributed by atoms with E-state index in [-0.39, 0.29) is 17.7 Å². The molecule has 0 aliphatic carbocycles. The van der Waals surface area contributed by atoms with Crippen LogP contribution in [-0.4, -0.2) is 35.4 Å². The highest BCUT2D eigenvalue weighted by molar-refractivity contribution is 5.95. The molecule has 2 aromatic heterocycles. The SMILES string of the molecule is Cc1nc(-c2ccco2)ccc1C(=O)N1C[C@@H](CN)[C@H](c2ccccc2)C1. The zero-order valence-electron chi connectivity index (χ0n) is 15.3. The van der Waals surface area contributed by atoms with Crippen LogP contribution in [0.2, 0.25) is 0 Å². The predicted molar refractivity (Wildman–Crippen MR) is 104 cm³/mol. The Bertz CT molecular complexity index is 922. The second-order valence-corrected chi connectivity index (χ2v) is 7.03. The van der Waals surface area contributed by atoms with Crippen LogP contribution in [-0.2, 0) is 0 Å². The van der Waals surface area contributed by atoms with Crippen LogP contribution in [0.25, 0.3) is 11.5 Å². The van der Waals surface area contributed by atoms with Gasteiger partial charge in [0.05, 0.1) is 17.5 Å². The number of likely N-dealkylation sites (tertiary alicyclic amines) is 1. The molecule has 1 aromatic carbocycles. The summed E-state index contributed by atoms with van der Waals surface area (Å²) in [7, 11) is 0. The molecular formula is C22H23N3O2. The Hall–Kier alpha value is -2.92. The highest BCUT2D eigenvalue weighted by atomic mass is 16.3. The van der Waals surface area contributed by atoms with E-state index in [1.165, 1.54) is 5.56 Å². The highest BCUT2D eigenvalue weighted by Gasteiger charge is 2.36. The van der Waals surface area contributed by atoms with Gasteiger partial charge in [-0.2, -0.15) is 0 Å². The number of aryl methyl sites for hydroxylation is 1. The Labute approximate surface area is 158 Å². The van der Waals surface area contributed by atoms with E-state index < -0.39 is 0 Å². The first kappa shape index (κ1) is 17.5. The Morgan fingerprint density at radius 2 is 1.96 bits per heavy atom. The molecule has 0 unspecified atom stereocenters. The minimum atomic E-state index is 0.0166. The van der Waals surface area contributed by atoms with E-state index in [4.69, 9.17) is 10.2 Å². The molecule has 0 spiro atoms. The molecule has 4 rings (SSSR count). The van der Waals surface area contributed by atoms with Crippen molar-refractivity contribution in [2.45, 2.75) is 12.8 Å². The molecule has 5 nitrogen and oxygen atoms in total. The maximum Gasteiger partial charge on any atom is 0.255 e. The molecule has 27 heavy (non-hydrogen) atoms. The average Bonchev–Trinajstić information content (AvgIpc) is 3.38. The molecule has 1 fully saturated rings. The third kappa shape index (κ3) is 3.38. The second kappa shape index (κ2) is 7.37. The fraction of sp³-hybridized carbons (Fsp3) is 0.273. The average molecular weight is 361 g/mol. The first-order valence-corrected chi connectivity index (χ1v) is 9.23. The summed E-state index contributed by atoms with van der Waals surface area (Å²) in [5.41, 5.74) is 9.33. The minimum absolute atomic E-state index is 0.0166. The van der Waals surface area contributed by atoms with Gasteiger partial charge in [-0.3, -0.25) is 4.79 Å². The Morgan fingerprint density at radius 3 is 2.63 bits per heavy atom. The number of hydrogen-bond donors (Lipinski definition) is 1. The van der Waals surface area contributed by atoms with Crippen molar-refractivity contribution in [1.29, 1.82) is 0 Å². The summed E-state index contributed by atoms with van der Waals surface area (Å²) in [4.78, 5) is 19.6. The Morgan fingerprint density at radius 1 is 1.15 bits per heavy atom. The number of rotatable bonds is 4. The lowest BCUT2D eigenvalue weighted by atomic mass is 9.89. The number of nitrogens with two attached hydrogens (primary N) is 1. The van der Waals surface area contributed by atoms with Crippen LogP contribution in [0.3, 0.4) is 0 Å². The zero-order valence-corrected chi connectivity index (χ0v) is 15.3. The lowest BCUT2D eigenvalue weighted by Gasteiger charge is -2.18. The Kier molecular flexibility index (Phi) is 4.77. The van der Waals surface area contributed by atoms with Gasteiger partial charge in [0.1, 0.15) is 5.69 Å². The van der Waals surface area contributed by atoms with Gasteiger partial charge in [-0.1, -0.05) is 30.3 Å². The van der Waals surface area contributed by atoms with E-state index in [0.29, 0.717) is 36.7 Å². The number of furan rings is 1. The fourth-order valence-electron chi connectivity index (χ4n) is 3.87. The standard InChI is InChI=1S/C22H23N3O2/c1-15-18(9-10-20(24-15)21-8-5-11-27-21)22(26)25-13-17(12-23)19(14-25)16-6-3-2-4-7-16/h2-11,17,19H,12-14,23H2,1H3/t17-,19+/m1/s1. The number of nitrogens with zero attached hydrogens (tertiary/aromatic N) is 2. The maximum atomic E-state index is 13.1. The highest BCUT2D eigenvalue weighted by Crippen LogP contribution is 2.33. The summed E-state index contributed by atoms with van der Waals surface area (Å²) < 4.78 is 5.39. The van der Waals surface area contributed by atoms with Gasteiger partial charge in [0.15, 0.2) is 5.76 Å². The van der Waals surface area contributed by atoms with E-state index in [2.05, 4.69) is 17.1 Å². The van der Waals surface area contributed by atoms with Crippen LogP contribution >= 0.6 is 0 Å². The monoisotopic (exact) mass is 361 g/mol. The molecule has 138 valence electrons. The molecule has 0 bridgehead atoms. The van der Waals surface area contributed by atoms with Gasteiger partial charge in [-0.05, 0) is 49.2 Å². The predicted octanol–water partition coefficient (Wildman–Crippen LogP) is 3.46. The fourth-order valence-corrected chi connectivity index (χ4v) is 3.87. The van der Waals surface area contributed by atoms with Crippen molar-refractivity contribution in [2.75, 3.05) is 19.6 Å². The number of hydrogen-bond acceptors (Lipinski definition) is 4. The topological polar surface area (TPSA) is 72.4 Å². The van der Waals surface area contributed by atoms with E-state index in [1.807, 2.05) is 54.3 Å². The first-order valence-electron chi connectivity index (χ1n) is 9.23. The van der Waals surface area contributed by atoms with Gasteiger partial charge in [0.2, 0.25) is 0 Å². The number of pyridine rings is 1. The number of amides is 1. The van der Waals surface area contributed by atoms with Gasteiger partial charge < -0.3 is 15.1 Å². The zero-order chi connectivity index (χ0) is 18.8. The summed E-state index contributed by atoms with van der Waals surface area (Å²) in [6, 6.07) is 17.7. The summed E-state index contributed by atoms with van der Waals surface area (Å²) >= 11 is 0. The van der Waals surface area contributed by atoms with Crippen LogP contribution in [0.4, 0.5) is 0 Å². The van der Waals surface area contributed by atoms with Gasteiger partial charge in [-0.15, -0.1) is 0 Å². The van der Waals surface area contributed by atoms with Gasteiger partial charge in [0.25, 0.3) is 5.91 Å². The summed E-state index contributed by atoms with van der Waals surface area (Å²) in [6.45, 7) is 3.79. The van der Waals surface area contributed by atoms with Crippen LogP contribution in [0.15, 0.2) is 65.3 Å². The normalized spacial score (nSPS) is 19.4. The Balaban J connectivity index is 1.56. The smallest absolute Gasteiger partial charge is 0.255 e. The molecule has 1 aliphatic rings. The van der Waals surface area contributed by atoms with Gasteiger partial charge >= 0.3 is 0 Å². The number of benzene rings is 1. The molecule has 3 heterocycles. The molecule has 1 saturated heterocycles. The lowest BCUT2D eigenvalue weighted by molar-refractivity contribution is 0.0785. The largest absolute Gasteiger partial charge is 0.463 e. The van der Waals surface area contributed by atoms with Gasteiger partial charge in [-0.25, -0.2) is 4.98 Å². The third-order valence-corrected chi connectivity index (χ3v) is 5.35. The van der Waals surface area contributed by atoms with E-state index in [1.54, 1.807) is 6.26 Å². The van der Waals surface area contributed by atoms with Crippen molar-refractivity contribution in [3.05, 3.63) is 77.7 Å². The minimum Gasteiger partial charge on any atom is -0.463 e. The van der Waals surface area contributed by atoms with E-state index >= 15 is 0 Å². The van der Waals surface area contributed by atoms with Crippen molar-refractivity contribution in [3.63, 3.8) is 0 Å². The van der Waals surface area contributed by atoms with Crippen molar-refractivity contribution in [1.82, 2.24) is 9.88 Å². The van der Waals surface area contributed by atoms with Crippen molar-refractivity contribution < 1.29 is 9.21 Å². The second-order valence-electron chi connectivity index (χ2n) is 7.03. The number of carbonyl (C=O) groups excluding carboxylic acids is 1. The molecule has 2 atom stereocenters. The molecule has 0 radical (unpaired) electrons. The summed E-state index contributed by atoms with van der Waals surface area (Å²) in [6.07, 6.45) is 1.62. The van der Waals surface area contributed by atoms with Gasteiger partial charge in [0, 0.05) is 19.0 Å². The molecule has 1 aliphatic heterocycles. The lowest BCUT2D eigenvalue weighted by Crippen LogP contribution is -2.30. The van der Waals surface area contributed by atoms with Crippen LogP contribution in [0.1, 0.15) is 27.5 Å². The molecule has 2 N–H and O–H groups in total. The van der Waals surface area contributed by atoms with Crippen molar-refractivity contribution >= 4 is 5.91 Å². The molecule has 0 saturated carbocycles. The number of aromatic nitrogens is 1. The van der Waals surface area contributed by atoms with Crippen LogP contribution in [0, 0.1) is 12.8 Å². The third-order valence-electron chi connectivity index (χ3n) is 5.35. The maximum absolute atomic E-state index is 13.1. The first-order chi connectivity index (χ1) is 13.2. The number of carbonyl (C=O) groups is 1. The van der Waals surface area contributed by atoms with Crippen molar-refractivity contribution in [2.24, 2.45) is 11.7 Å². The van der Waals surface area contributed by atoms with Crippen LogP contribution in [0.5, 0.6) is 0 Å². The molecule has 3 aromatic rings. The molecule has 5 heteroatoms. The van der Waals surface area contributed by atoms with Crippen molar-refractivity contribution in [3.8, 4) is 11.5 Å². The van der Waals surface area contributed by atoms with E-state index in [9.17, 15) is 4.79 Å². The molecule has 1 amide bonds. The molecular weight excluding hydrogens is 338 g/mol. The van der Waals surface area contributed by atoms with E-state index in [0.717, 1.165) is 5.69 Å². The summed E-state index contributed by atoms with van der Waals surface area (Å²) in [5, 5.41) is 0. The quantitative estimate of drug-likeness (QED) is 0.772. The summed E-state index contributed by atoms with van der Waals surface area (Å²) in [5.74, 6) is 1.26. The van der Waals surface area contributed by atoms with Crippen LogP contribution < -0.4 is 5.73 Å².